The predicted molar refractivity (Wildman–Crippen MR) is 114 cm³/mol. The first-order valence-corrected chi connectivity index (χ1v) is 10.1. The molecule has 0 spiro atoms. The molecule has 2 aromatic carbocycles. The van der Waals surface area contributed by atoms with Gasteiger partial charge >= 0.3 is 0 Å². The molecule has 0 aliphatic rings. The minimum Gasteiger partial charge on any atom is -0.325 e. The number of hydrogen-bond donors (Lipinski definition) is 1. The van der Waals surface area contributed by atoms with Crippen LogP contribution in [0.3, 0.4) is 0 Å². The zero-order valence-corrected chi connectivity index (χ0v) is 16.8. The number of rotatable bonds is 5. The fourth-order valence-electron chi connectivity index (χ4n) is 3.18. The number of amides is 1. The Morgan fingerprint density at radius 1 is 1.24 bits per heavy atom. The van der Waals surface area contributed by atoms with Crippen LogP contribution in [-0.4, -0.2) is 30.9 Å². The first kappa shape index (κ1) is 18.9. The third kappa shape index (κ3) is 3.65. The van der Waals surface area contributed by atoms with Crippen LogP contribution in [0.2, 0.25) is 0 Å². The maximum Gasteiger partial charge on any atom is 0.237 e. The molecule has 2 aromatic heterocycles. The highest BCUT2D eigenvalue weighted by Crippen LogP contribution is 2.28. The van der Waals surface area contributed by atoms with Crippen LogP contribution in [-0.2, 0) is 11.3 Å². The van der Waals surface area contributed by atoms with Crippen LogP contribution in [0, 0.1) is 11.3 Å². The lowest BCUT2D eigenvalue weighted by Gasteiger charge is -2.11. The smallest absolute Gasteiger partial charge is 0.237 e. The summed E-state index contributed by atoms with van der Waals surface area (Å²) in [6.45, 7) is 4.61. The number of fused-ring (bicyclic) bond motifs is 3. The Labute approximate surface area is 171 Å². The molecule has 1 amide bonds. The van der Waals surface area contributed by atoms with Crippen molar-refractivity contribution in [3.05, 3.63) is 54.1 Å². The number of carbonyl (C=O) groups excluding carboxylic acids is 1. The van der Waals surface area contributed by atoms with Gasteiger partial charge in [0.05, 0.1) is 22.4 Å². The molecule has 0 fully saturated rings. The zero-order valence-electron chi connectivity index (χ0n) is 16.0. The molecular formula is C21H18N6OS. The van der Waals surface area contributed by atoms with Crippen molar-refractivity contribution in [2.45, 2.75) is 30.8 Å². The van der Waals surface area contributed by atoms with Crippen LogP contribution in [0.5, 0.6) is 0 Å². The standard InChI is InChI=1S/C21H18N6OS/c1-3-27-17-10-5-4-9-16(17)18-19(27)24-21(26-25-18)29-13(2)20(28)23-15-8-6-7-14(11-15)12-22/h4-11,13H,3H2,1-2H3,(H,23,28)/t13-/m0/s1. The Balaban J connectivity index is 1.57. The molecule has 4 rings (SSSR count). The van der Waals surface area contributed by atoms with E-state index in [-0.39, 0.29) is 5.91 Å². The lowest BCUT2D eigenvalue weighted by Crippen LogP contribution is -2.22. The Morgan fingerprint density at radius 2 is 2.07 bits per heavy atom. The van der Waals surface area contributed by atoms with Crippen LogP contribution >= 0.6 is 11.8 Å². The molecule has 0 aliphatic carbocycles. The van der Waals surface area contributed by atoms with Gasteiger partial charge in [0.1, 0.15) is 5.52 Å². The van der Waals surface area contributed by atoms with Gasteiger partial charge in [0.2, 0.25) is 11.1 Å². The van der Waals surface area contributed by atoms with Gasteiger partial charge < -0.3 is 9.88 Å². The van der Waals surface area contributed by atoms with Crippen molar-refractivity contribution in [2.75, 3.05) is 5.32 Å². The summed E-state index contributed by atoms with van der Waals surface area (Å²) in [6.07, 6.45) is 0. The zero-order chi connectivity index (χ0) is 20.4. The van der Waals surface area contributed by atoms with Crippen molar-refractivity contribution in [2.24, 2.45) is 0 Å². The van der Waals surface area contributed by atoms with E-state index in [0.717, 1.165) is 28.6 Å². The Bertz CT molecular complexity index is 1260. The van der Waals surface area contributed by atoms with Crippen molar-refractivity contribution in [3.63, 3.8) is 0 Å². The Hall–Kier alpha value is -3.44. The lowest BCUT2D eigenvalue weighted by atomic mass is 10.2. The van der Waals surface area contributed by atoms with Gasteiger partial charge in [0.15, 0.2) is 5.65 Å². The molecular weight excluding hydrogens is 384 g/mol. The molecule has 0 bridgehead atoms. The molecule has 2 heterocycles. The number of para-hydroxylation sites is 1. The van der Waals surface area contributed by atoms with Gasteiger partial charge in [-0.05, 0) is 38.1 Å². The highest BCUT2D eigenvalue weighted by molar-refractivity contribution is 8.00. The van der Waals surface area contributed by atoms with Crippen LogP contribution in [0.25, 0.3) is 22.1 Å². The van der Waals surface area contributed by atoms with E-state index in [9.17, 15) is 4.79 Å². The summed E-state index contributed by atoms with van der Waals surface area (Å²) in [7, 11) is 0. The van der Waals surface area contributed by atoms with Gasteiger partial charge in [0, 0.05) is 17.6 Å². The van der Waals surface area contributed by atoms with Crippen molar-refractivity contribution in [3.8, 4) is 6.07 Å². The van der Waals surface area contributed by atoms with Gasteiger partial charge in [-0.2, -0.15) is 5.26 Å². The normalized spacial score (nSPS) is 12.0. The van der Waals surface area contributed by atoms with E-state index < -0.39 is 5.25 Å². The van der Waals surface area contributed by atoms with E-state index in [1.54, 1.807) is 31.2 Å². The van der Waals surface area contributed by atoms with Gasteiger partial charge in [-0.15, -0.1) is 10.2 Å². The SMILES string of the molecule is CCn1c2ccccc2c2nnc(S[C@@H](C)C(=O)Nc3cccc(C#N)c3)nc21. The number of anilines is 1. The van der Waals surface area contributed by atoms with Crippen LogP contribution < -0.4 is 5.32 Å². The first-order chi connectivity index (χ1) is 14.1. The lowest BCUT2D eigenvalue weighted by molar-refractivity contribution is -0.115. The second-order valence-corrected chi connectivity index (χ2v) is 7.78. The molecule has 1 N–H and O–H groups in total. The fraction of sp³-hybridized carbons (Fsp3) is 0.190. The monoisotopic (exact) mass is 402 g/mol. The second kappa shape index (κ2) is 7.89. The van der Waals surface area contributed by atoms with Crippen LogP contribution in [0.4, 0.5) is 5.69 Å². The van der Waals surface area contributed by atoms with Crippen LogP contribution in [0.15, 0.2) is 53.7 Å². The van der Waals surface area contributed by atoms with E-state index in [4.69, 9.17) is 5.26 Å². The largest absolute Gasteiger partial charge is 0.325 e. The minimum absolute atomic E-state index is 0.190. The second-order valence-electron chi connectivity index (χ2n) is 6.47. The van der Waals surface area contributed by atoms with Gasteiger partial charge in [-0.3, -0.25) is 4.79 Å². The van der Waals surface area contributed by atoms with Gasteiger partial charge in [0.25, 0.3) is 0 Å². The molecule has 144 valence electrons. The highest BCUT2D eigenvalue weighted by Gasteiger charge is 2.19. The number of carbonyl (C=O) groups is 1. The maximum atomic E-state index is 12.5. The summed E-state index contributed by atoms with van der Waals surface area (Å²) in [5.41, 5.74) is 3.67. The average Bonchev–Trinajstić information content (AvgIpc) is 3.06. The summed E-state index contributed by atoms with van der Waals surface area (Å²) in [5.74, 6) is -0.190. The molecule has 7 nitrogen and oxygen atoms in total. The van der Waals surface area contributed by atoms with E-state index in [1.165, 1.54) is 11.8 Å². The molecule has 4 aromatic rings. The summed E-state index contributed by atoms with van der Waals surface area (Å²) in [6, 6.07) is 16.9. The van der Waals surface area contributed by atoms with E-state index in [1.807, 2.05) is 24.3 Å². The van der Waals surface area contributed by atoms with Crippen molar-refractivity contribution >= 4 is 45.4 Å². The summed E-state index contributed by atoms with van der Waals surface area (Å²) < 4.78 is 2.10. The fourth-order valence-corrected chi connectivity index (χ4v) is 3.89. The van der Waals surface area contributed by atoms with Crippen molar-refractivity contribution in [1.82, 2.24) is 19.7 Å². The van der Waals surface area contributed by atoms with Gasteiger partial charge in [-0.1, -0.05) is 36.0 Å². The number of nitriles is 1. The average molecular weight is 402 g/mol. The molecule has 0 saturated heterocycles. The minimum atomic E-state index is -0.431. The van der Waals surface area contributed by atoms with Crippen molar-refractivity contribution < 1.29 is 4.79 Å². The highest BCUT2D eigenvalue weighted by atomic mass is 32.2. The first-order valence-electron chi connectivity index (χ1n) is 9.20. The molecule has 0 radical (unpaired) electrons. The number of benzene rings is 2. The molecule has 0 aliphatic heterocycles. The molecule has 0 unspecified atom stereocenters. The maximum absolute atomic E-state index is 12.5. The summed E-state index contributed by atoms with van der Waals surface area (Å²) in [4.78, 5) is 17.2. The van der Waals surface area contributed by atoms with Crippen LogP contribution in [0.1, 0.15) is 19.4 Å². The van der Waals surface area contributed by atoms with E-state index >= 15 is 0 Å². The number of hydrogen-bond acceptors (Lipinski definition) is 6. The Morgan fingerprint density at radius 3 is 2.86 bits per heavy atom. The van der Waals surface area contributed by atoms with Crippen molar-refractivity contribution in [1.29, 1.82) is 5.26 Å². The van der Waals surface area contributed by atoms with E-state index in [2.05, 4.69) is 38.1 Å². The van der Waals surface area contributed by atoms with E-state index in [0.29, 0.717) is 16.4 Å². The third-order valence-corrected chi connectivity index (χ3v) is 5.53. The molecule has 0 saturated carbocycles. The topological polar surface area (TPSA) is 96.5 Å². The summed E-state index contributed by atoms with van der Waals surface area (Å²) in [5, 5.41) is 21.5. The number of thioether (sulfide) groups is 1. The predicted octanol–water partition coefficient (Wildman–Crippen LogP) is 3.99. The Kier molecular flexibility index (Phi) is 5.14. The number of nitrogens with zero attached hydrogens (tertiary/aromatic N) is 5. The quantitative estimate of drug-likeness (QED) is 0.507. The van der Waals surface area contributed by atoms with Gasteiger partial charge in [-0.25, -0.2) is 4.98 Å². The number of nitrogens with one attached hydrogen (secondary N) is 1. The molecule has 8 heteroatoms. The summed E-state index contributed by atoms with van der Waals surface area (Å²) >= 11 is 1.25. The number of aryl methyl sites for hydroxylation is 1. The molecule has 29 heavy (non-hydrogen) atoms. The third-order valence-electron chi connectivity index (χ3n) is 4.58. The number of aromatic nitrogens is 4. The molecule has 1 atom stereocenters.